The van der Waals surface area contributed by atoms with Crippen molar-refractivity contribution >= 4 is 29.3 Å². The van der Waals surface area contributed by atoms with Gasteiger partial charge in [-0.1, -0.05) is 25.1 Å². The van der Waals surface area contributed by atoms with Gasteiger partial charge in [-0.25, -0.2) is 14.2 Å². The second-order valence-electron chi connectivity index (χ2n) is 6.58. The van der Waals surface area contributed by atoms with Crippen molar-refractivity contribution in [2.45, 2.75) is 6.92 Å². The van der Waals surface area contributed by atoms with Gasteiger partial charge in [-0.05, 0) is 43.0 Å². The molecule has 9 heteroatoms. The Balaban J connectivity index is 0.00000289. The van der Waals surface area contributed by atoms with Crippen molar-refractivity contribution in [3.05, 3.63) is 97.6 Å². The summed E-state index contributed by atoms with van der Waals surface area (Å²) >= 11 is 0. The Morgan fingerprint density at radius 3 is 2.66 bits per heavy atom. The second kappa shape index (κ2) is 10.4. The topological polar surface area (TPSA) is 104 Å². The summed E-state index contributed by atoms with van der Waals surface area (Å²) in [5.41, 5.74) is -0.720. The normalized spacial score (nSPS) is 14.3. The second-order valence-corrected chi connectivity index (χ2v) is 6.58. The van der Waals surface area contributed by atoms with Crippen molar-refractivity contribution in [3.8, 4) is 0 Å². The van der Waals surface area contributed by atoms with Crippen LogP contribution >= 0.6 is 0 Å². The van der Waals surface area contributed by atoms with Crippen LogP contribution in [0.25, 0.3) is 17.7 Å². The number of rotatable bonds is 4. The minimum atomic E-state index is -0.870. The third kappa shape index (κ3) is 5.08. The average molecular weight is 458 g/mol. The van der Waals surface area contributed by atoms with Crippen molar-refractivity contribution in [2.75, 3.05) is 11.9 Å². The predicted molar refractivity (Wildman–Crippen MR) is 109 cm³/mol. The zero-order valence-corrected chi connectivity index (χ0v) is 20.5. The van der Waals surface area contributed by atoms with Crippen LogP contribution in [0, 0.1) is 5.82 Å². The van der Waals surface area contributed by atoms with Crippen molar-refractivity contribution in [2.24, 2.45) is 4.99 Å². The Bertz CT molecular complexity index is 1480. The molecule has 1 amide bonds. The number of halogens is 1. The van der Waals surface area contributed by atoms with Gasteiger partial charge in [-0.2, -0.15) is 0 Å². The smallest absolute Gasteiger partial charge is 0.613 e. The maximum Gasteiger partial charge on any atom is 1.00 e. The first-order chi connectivity index (χ1) is 15.0. The number of benzene rings is 2. The number of nitrogens with one attached hydrogen (secondary N) is 1. The summed E-state index contributed by atoms with van der Waals surface area (Å²) in [6.07, 6.45) is 1.57. The molecule has 0 aliphatic carbocycles. The van der Waals surface area contributed by atoms with E-state index < -0.39 is 23.3 Å². The zero-order chi connectivity index (χ0) is 22.0. The average Bonchev–Trinajstić information content (AvgIpc) is 3.18. The maximum absolute atomic E-state index is 13.5. The van der Waals surface area contributed by atoms with Crippen LogP contribution in [-0.4, -0.2) is 12.5 Å². The monoisotopic (exact) mass is 458 g/mol. The maximum atomic E-state index is 13.5. The van der Waals surface area contributed by atoms with E-state index in [-0.39, 0.29) is 80.0 Å². The zero-order valence-electron chi connectivity index (χ0n) is 17.3. The first-order valence-corrected chi connectivity index (χ1v) is 9.41. The number of carbonyl (C=O) groups excluding carboxylic acids is 1. The fraction of sp³-hybridized carbons (Fsp3) is 0.0870. The molecule has 0 radical (unpaired) electrons. The number of fused-ring (bicyclic) bond motifs is 1. The molecule has 156 valence electrons. The summed E-state index contributed by atoms with van der Waals surface area (Å²) in [6, 6.07) is 13.5. The molecule has 2 heterocycles. The Labute approximate surface area is 223 Å². The van der Waals surface area contributed by atoms with E-state index in [0.29, 0.717) is 16.1 Å². The summed E-state index contributed by atoms with van der Waals surface area (Å²) in [5.74, 6) is -1.76. The van der Waals surface area contributed by atoms with Crippen molar-refractivity contribution in [3.63, 3.8) is 0 Å². The molecule has 0 saturated carbocycles. The van der Waals surface area contributed by atoms with Crippen LogP contribution in [0.4, 0.5) is 10.1 Å². The van der Waals surface area contributed by atoms with Gasteiger partial charge in [0.1, 0.15) is 17.2 Å². The van der Waals surface area contributed by atoms with Crippen LogP contribution in [0.15, 0.2) is 68.8 Å². The molecule has 1 aliphatic rings. The van der Waals surface area contributed by atoms with Gasteiger partial charge in [0.05, 0.1) is 11.3 Å². The first kappa shape index (κ1) is 24.1. The molecular formula is C23H16FKN2O5. The summed E-state index contributed by atoms with van der Waals surface area (Å²) in [4.78, 5) is 29.2. The molecule has 0 unspecified atom stereocenters. The van der Waals surface area contributed by atoms with Crippen LogP contribution in [0.1, 0.15) is 17.3 Å². The van der Waals surface area contributed by atoms with Gasteiger partial charge in [0.25, 0.3) is 5.91 Å². The SMILES string of the molecule is CCO/C([O-])=c1\cc(NC(=O)c2ccccc2)c(=O)o\c1=C1\C=c2ccc(F)cc2=N1.[K+]. The van der Waals surface area contributed by atoms with E-state index in [4.69, 9.17) is 9.15 Å². The van der Waals surface area contributed by atoms with Crippen LogP contribution < -0.4 is 88.6 Å². The van der Waals surface area contributed by atoms with Gasteiger partial charge >= 0.3 is 57.0 Å². The van der Waals surface area contributed by atoms with E-state index in [0.717, 1.165) is 0 Å². The molecule has 0 fully saturated rings. The molecule has 1 N–H and O–H groups in total. The molecule has 1 aromatic heterocycles. The van der Waals surface area contributed by atoms with Crippen LogP contribution in [0.3, 0.4) is 0 Å². The van der Waals surface area contributed by atoms with Crippen molar-refractivity contribution < 1.29 is 74.8 Å². The minimum absolute atomic E-state index is 0. The van der Waals surface area contributed by atoms with Gasteiger partial charge in [0, 0.05) is 22.1 Å². The largest absolute Gasteiger partial charge is 1.00 e. The number of anilines is 1. The van der Waals surface area contributed by atoms with Crippen LogP contribution in [0.5, 0.6) is 0 Å². The number of nitrogens with zero attached hydrogens (tertiary/aromatic N) is 1. The number of ether oxygens (including phenoxy) is 1. The Hall–Kier alpha value is -2.56. The Morgan fingerprint density at radius 1 is 1.19 bits per heavy atom. The van der Waals surface area contributed by atoms with Gasteiger partial charge < -0.3 is 19.6 Å². The van der Waals surface area contributed by atoms with E-state index in [1.54, 1.807) is 43.3 Å². The number of amides is 1. The van der Waals surface area contributed by atoms with Gasteiger partial charge in [-0.3, -0.25) is 4.79 Å². The molecule has 3 aromatic rings. The van der Waals surface area contributed by atoms with Crippen molar-refractivity contribution in [1.29, 1.82) is 0 Å². The van der Waals surface area contributed by atoms with Gasteiger partial charge in [0.2, 0.25) is 0 Å². The molecule has 2 aromatic carbocycles. The standard InChI is InChI=1S/C23H17FN2O5.K/c1-2-30-22(28)16-12-19(26-21(27)13-6-4-3-5-7-13)23(29)31-20(16)18-10-14-8-9-15(24)11-17(14)25-18;/h3-12,28H,2H2,1H3,(H,26,27);/q;+1/p-1/b20-18-,22-16+;. The number of carbonyl (C=O) groups is 1. The summed E-state index contributed by atoms with van der Waals surface area (Å²) in [5, 5.41) is 15.9. The quantitative estimate of drug-likeness (QED) is 0.413. The number of hydrogen-bond donors (Lipinski definition) is 1. The van der Waals surface area contributed by atoms with E-state index in [1.165, 1.54) is 24.3 Å². The molecule has 0 atom stereocenters. The molecule has 32 heavy (non-hydrogen) atoms. The molecule has 7 nitrogen and oxygen atoms in total. The van der Waals surface area contributed by atoms with Crippen molar-refractivity contribution in [1.82, 2.24) is 0 Å². The Morgan fingerprint density at radius 2 is 1.94 bits per heavy atom. The summed E-state index contributed by atoms with van der Waals surface area (Å²) in [7, 11) is 0. The van der Waals surface area contributed by atoms with E-state index in [2.05, 4.69) is 10.3 Å². The molecule has 4 rings (SSSR count). The molecule has 1 aliphatic heterocycles. The minimum Gasteiger partial charge on any atom is -0.613 e. The van der Waals surface area contributed by atoms with E-state index >= 15 is 0 Å². The third-order valence-corrected chi connectivity index (χ3v) is 4.49. The fourth-order valence-electron chi connectivity index (χ4n) is 3.05. The molecule has 0 bridgehead atoms. The predicted octanol–water partition coefficient (Wildman–Crippen LogP) is -3.28. The van der Waals surface area contributed by atoms with Crippen LogP contribution in [-0.2, 0) is 4.74 Å². The summed E-state index contributed by atoms with van der Waals surface area (Å²) in [6.45, 7) is 1.72. The first-order valence-electron chi connectivity index (χ1n) is 9.41. The fourth-order valence-corrected chi connectivity index (χ4v) is 3.05. The Kier molecular flexibility index (Phi) is 7.80. The number of hydrogen-bond acceptors (Lipinski definition) is 6. The molecule has 0 saturated heterocycles. The van der Waals surface area contributed by atoms with Gasteiger partial charge in [-0.15, -0.1) is 0 Å². The third-order valence-electron chi connectivity index (χ3n) is 4.49. The van der Waals surface area contributed by atoms with E-state index in [9.17, 15) is 19.1 Å². The van der Waals surface area contributed by atoms with E-state index in [1.807, 2.05) is 0 Å². The summed E-state index contributed by atoms with van der Waals surface area (Å²) < 4.78 is 23.9. The molecule has 0 spiro atoms. The van der Waals surface area contributed by atoms with Gasteiger partial charge in [0.15, 0.2) is 5.42 Å². The van der Waals surface area contributed by atoms with Crippen LogP contribution in [0.2, 0.25) is 0 Å². The molecular weight excluding hydrogens is 442 g/mol.